The summed E-state index contributed by atoms with van der Waals surface area (Å²) in [6.45, 7) is 6.80. The fourth-order valence-electron chi connectivity index (χ4n) is 6.45. The first-order valence-electron chi connectivity index (χ1n) is 20.0. The van der Waals surface area contributed by atoms with Crippen LogP contribution in [0.1, 0.15) is 218 Å². The van der Waals surface area contributed by atoms with Crippen LogP contribution >= 0.6 is 0 Å². The van der Waals surface area contributed by atoms with E-state index in [1.54, 1.807) is 0 Å². The number of aromatic nitrogens is 1. The molecule has 0 spiro atoms. The minimum absolute atomic E-state index is 0.684. The number of unbranched alkanes of at least 4 members (excludes halogenated alkanes) is 24. The molecule has 0 N–H and O–H groups in total. The molecule has 1 heterocycles. The van der Waals surface area contributed by atoms with E-state index < -0.39 is 0 Å². The minimum Gasteiger partial charge on any atom is -0.202 e. The predicted molar refractivity (Wildman–Crippen MR) is 199 cm³/mol. The van der Waals surface area contributed by atoms with Crippen molar-refractivity contribution in [1.82, 2.24) is 0 Å². The van der Waals surface area contributed by atoms with Crippen LogP contribution in [-0.2, 0) is 0 Å². The third-order valence-corrected chi connectivity index (χ3v) is 9.54. The molecule has 0 bridgehead atoms. The third kappa shape index (κ3) is 27.0. The molecular formula is C43H78N+. The van der Waals surface area contributed by atoms with Gasteiger partial charge in [-0.2, -0.15) is 0 Å². The number of pyridine rings is 1. The first-order chi connectivity index (χ1) is 21.8. The molecule has 1 aromatic rings. The van der Waals surface area contributed by atoms with E-state index in [0.717, 1.165) is 0 Å². The zero-order valence-electron chi connectivity index (χ0n) is 30.4. The molecule has 0 fully saturated rings. The van der Waals surface area contributed by atoms with Gasteiger partial charge in [-0.1, -0.05) is 154 Å². The molecule has 0 atom stereocenters. The predicted octanol–water partition coefficient (Wildman–Crippen LogP) is 14.7. The van der Waals surface area contributed by atoms with E-state index >= 15 is 0 Å². The summed E-state index contributed by atoms with van der Waals surface area (Å²) in [7, 11) is 0. The summed E-state index contributed by atoms with van der Waals surface area (Å²) in [6.07, 6.45) is 56.1. The lowest BCUT2D eigenvalue weighted by Crippen LogP contribution is -2.38. The summed E-state index contributed by atoms with van der Waals surface area (Å²) in [4.78, 5) is 0. The number of hydrogen-bond acceptors (Lipinski definition) is 0. The maximum Gasteiger partial charge on any atom is 0.169 e. The Bertz CT molecular complexity index is 703. The van der Waals surface area contributed by atoms with Gasteiger partial charge < -0.3 is 0 Å². The van der Waals surface area contributed by atoms with Gasteiger partial charge in [0.05, 0.1) is 0 Å². The first kappa shape index (κ1) is 40.7. The molecule has 0 amide bonds. The summed E-state index contributed by atoms with van der Waals surface area (Å²) < 4.78 is 2.52. The molecular weight excluding hydrogens is 530 g/mol. The lowest BCUT2D eigenvalue weighted by atomic mass is 9.99. The second-order valence-corrected chi connectivity index (χ2v) is 13.9. The lowest BCUT2D eigenvalue weighted by Gasteiger charge is -2.13. The van der Waals surface area contributed by atoms with E-state index in [9.17, 15) is 0 Å². The van der Waals surface area contributed by atoms with Gasteiger partial charge in [-0.3, -0.25) is 0 Å². The van der Waals surface area contributed by atoms with Crippen LogP contribution in [0.25, 0.3) is 0 Å². The smallest absolute Gasteiger partial charge is 0.169 e. The van der Waals surface area contributed by atoms with Gasteiger partial charge in [0.25, 0.3) is 0 Å². The Morgan fingerprint density at radius 2 is 0.727 bits per heavy atom. The molecule has 44 heavy (non-hydrogen) atoms. The number of rotatable bonds is 33. The van der Waals surface area contributed by atoms with Crippen molar-refractivity contribution >= 4 is 0 Å². The topological polar surface area (TPSA) is 3.88 Å². The van der Waals surface area contributed by atoms with Gasteiger partial charge in [-0.05, 0) is 76.7 Å². The molecule has 1 rings (SSSR count). The highest BCUT2D eigenvalue weighted by atomic mass is 15.0. The van der Waals surface area contributed by atoms with Crippen molar-refractivity contribution in [2.45, 2.75) is 219 Å². The van der Waals surface area contributed by atoms with Crippen LogP contribution in [0.5, 0.6) is 0 Å². The van der Waals surface area contributed by atoms with Crippen LogP contribution in [0.15, 0.2) is 48.8 Å². The quantitative estimate of drug-likeness (QED) is 0.0424. The standard InChI is InChI=1S/C43H78N/c1-4-6-8-10-12-14-16-18-20-22-24-26-28-30-32-34-36-43(44-40-38-42(3)39-41-44)37-35-33-31-29-27-25-23-21-19-17-15-13-11-9-7-5-2/h18-21,38-41,43H,4-17,22-37H2,1-3H3/q+1/b20-18+,21-19+. The number of nitrogens with zero attached hydrogens (tertiary/aromatic N) is 1. The summed E-state index contributed by atoms with van der Waals surface area (Å²) in [5.74, 6) is 0. The van der Waals surface area contributed by atoms with Gasteiger partial charge in [0, 0.05) is 25.0 Å². The van der Waals surface area contributed by atoms with E-state index in [0.29, 0.717) is 6.04 Å². The zero-order chi connectivity index (χ0) is 31.6. The summed E-state index contributed by atoms with van der Waals surface area (Å²) in [5.41, 5.74) is 1.37. The molecule has 0 unspecified atom stereocenters. The second kappa shape index (κ2) is 33.0. The van der Waals surface area contributed by atoms with E-state index in [1.165, 1.54) is 198 Å². The highest BCUT2D eigenvalue weighted by molar-refractivity contribution is 5.03. The largest absolute Gasteiger partial charge is 0.202 e. The summed E-state index contributed by atoms with van der Waals surface area (Å²) in [6, 6.07) is 5.26. The Morgan fingerprint density at radius 1 is 0.432 bits per heavy atom. The van der Waals surface area contributed by atoms with Gasteiger partial charge in [0.1, 0.15) is 0 Å². The van der Waals surface area contributed by atoms with E-state index in [4.69, 9.17) is 0 Å². The zero-order valence-corrected chi connectivity index (χ0v) is 30.4. The highest BCUT2D eigenvalue weighted by Gasteiger charge is 2.17. The van der Waals surface area contributed by atoms with Crippen LogP contribution in [0.3, 0.4) is 0 Å². The normalized spacial score (nSPS) is 12.0. The number of hydrogen-bond donors (Lipinski definition) is 0. The molecule has 254 valence electrons. The molecule has 0 saturated heterocycles. The third-order valence-electron chi connectivity index (χ3n) is 9.54. The first-order valence-corrected chi connectivity index (χ1v) is 20.0. The Kier molecular flexibility index (Phi) is 30.5. The maximum atomic E-state index is 2.52. The number of allylic oxidation sites excluding steroid dienone is 4. The number of aryl methyl sites for hydroxylation is 1. The molecule has 0 aromatic carbocycles. The Hall–Kier alpha value is -1.37. The van der Waals surface area contributed by atoms with E-state index in [-0.39, 0.29) is 0 Å². The molecule has 0 aliphatic rings. The van der Waals surface area contributed by atoms with Gasteiger partial charge in [0.15, 0.2) is 18.4 Å². The van der Waals surface area contributed by atoms with Crippen molar-refractivity contribution in [2.75, 3.05) is 0 Å². The molecule has 1 heteroatoms. The van der Waals surface area contributed by atoms with Crippen LogP contribution < -0.4 is 4.57 Å². The second-order valence-electron chi connectivity index (χ2n) is 13.9. The monoisotopic (exact) mass is 609 g/mol. The summed E-state index contributed by atoms with van der Waals surface area (Å²) in [5, 5.41) is 0. The van der Waals surface area contributed by atoms with Crippen LogP contribution in [0.2, 0.25) is 0 Å². The summed E-state index contributed by atoms with van der Waals surface area (Å²) >= 11 is 0. The van der Waals surface area contributed by atoms with Gasteiger partial charge in [-0.25, -0.2) is 4.57 Å². The maximum absolute atomic E-state index is 2.52. The van der Waals surface area contributed by atoms with Crippen LogP contribution in [0, 0.1) is 6.92 Å². The Balaban J connectivity index is 2.06. The molecule has 0 aliphatic heterocycles. The van der Waals surface area contributed by atoms with Crippen molar-refractivity contribution in [3.8, 4) is 0 Å². The van der Waals surface area contributed by atoms with Crippen molar-refractivity contribution in [2.24, 2.45) is 0 Å². The molecule has 0 radical (unpaired) electrons. The molecule has 1 aromatic heterocycles. The Morgan fingerprint density at radius 3 is 1.07 bits per heavy atom. The Labute approximate surface area is 277 Å². The average Bonchev–Trinajstić information content (AvgIpc) is 3.03. The molecule has 0 aliphatic carbocycles. The average molecular weight is 609 g/mol. The van der Waals surface area contributed by atoms with E-state index in [1.807, 2.05) is 0 Å². The molecule has 1 nitrogen and oxygen atoms in total. The van der Waals surface area contributed by atoms with E-state index in [2.05, 4.69) is 74.2 Å². The van der Waals surface area contributed by atoms with Crippen molar-refractivity contribution in [3.63, 3.8) is 0 Å². The fraction of sp³-hybridized carbons (Fsp3) is 0.791. The highest BCUT2D eigenvalue weighted by Crippen LogP contribution is 2.20. The SMILES string of the molecule is CCCCCCCC/C=C/CCCCCCCCC(CCCCCCCC/C=C/CCCCCCCC)[n+]1ccc(C)cc1. The lowest BCUT2D eigenvalue weighted by molar-refractivity contribution is -0.724. The van der Waals surface area contributed by atoms with Crippen LogP contribution in [-0.4, -0.2) is 0 Å². The van der Waals surface area contributed by atoms with Gasteiger partial charge in [0.2, 0.25) is 0 Å². The van der Waals surface area contributed by atoms with Crippen molar-refractivity contribution in [1.29, 1.82) is 0 Å². The van der Waals surface area contributed by atoms with Crippen molar-refractivity contribution in [3.05, 3.63) is 54.4 Å². The van der Waals surface area contributed by atoms with Gasteiger partial charge in [-0.15, -0.1) is 0 Å². The molecule has 0 saturated carbocycles. The van der Waals surface area contributed by atoms with Crippen molar-refractivity contribution < 1.29 is 4.57 Å². The van der Waals surface area contributed by atoms with Crippen LogP contribution in [0.4, 0.5) is 0 Å². The van der Waals surface area contributed by atoms with Gasteiger partial charge >= 0.3 is 0 Å². The fourth-order valence-corrected chi connectivity index (χ4v) is 6.45. The minimum atomic E-state index is 0.684.